The number of likely N-dealkylation sites (N-methyl/N-ethyl adjacent to an activating group) is 1. The number of carbonyl (C=O) groups is 5. The average molecular weight is 809 g/mol. The van der Waals surface area contributed by atoms with Crippen molar-refractivity contribution in [3.05, 3.63) is 107 Å². The zero-order chi connectivity index (χ0) is 41.8. The van der Waals surface area contributed by atoms with Crippen LogP contribution in [0.5, 0.6) is 11.5 Å². The van der Waals surface area contributed by atoms with Gasteiger partial charge in [0.25, 0.3) is 5.91 Å². The highest BCUT2D eigenvalue weighted by Crippen LogP contribution is 2.40. The zero-order valence-electron chi connectivity index (χ0n) is 32.0. The summed E-state index contributed by atoms with van der Waals surface area (Å²) >= 11 is 6.08. The summed E-state index contributed by atoms with van der Waals surface area (Å²) in [7, 11) is 1.42. The summed E-state index contributed by atoms with van der Waals surface area (Å²) < 4.78 is 12.1. The van der Waals surface area contributed by atoms with E-state index in [9.17, 15) is 24.0 Å². The highest BCUT2D eigenvalue weighted by Gasteiger charge is 2.33. The highest BCUT2D eigenvalue weighted by molar-refractivity contribution is 6.30. The first kappa shape index (κ1) is 42.7. The molecule has 0 unspecified atom stereocenters. The molecule has 4 aromatic carbocycles. The van der Waals surface area contributed by atoms with Gasteiger partial charge in [0.1, 0.15) is 49.4 Å². The maximum Gasteiger partial charge on any atom is 0.252 e. The molecule has 0 spiro atoms. The Labute approximate surface area is 341 Å². The molecule has 1 aliphatic heterocycles. The van der Waals surface area contributed by atoms with Gasteiger partial charge in [0.05, 0.1) is 12.6 Å². The van der Waals surface area contributed by atoms with Crippen LogP contribution in [-0.2, 0) is 25.6 Å². The van der Waals surface area contributed by atoms with Crippen molar-refractivity contribution >= 4 is 41.1 Å². The van der Waals surface area contributed by atoms with E-state index in [0.29, 0.717) is 49.9 Å². The number of nitrogens with zero attached hydrogens (tertiary/aromatic N) is 2. The lowest BCUT2D eigenvalue weighted by molar-refractivity contribution is -0.139. The highest BCUT2D eigenvalue weighted by atomic mass is 35.5. The molecule has 5 amide bonds. The molecule has 0 saturated heterocycles. The van der Waals surface area contributed by atoms with E-state index in [1.54, 1.807) is 84.9 Å². The summed E-state index contributed by atoms with van der Waals surface area (Å²) in [5.74, 6) is -2.36. The lowest BCUT2D eigenvalue weighted by Gasteiger charge is -2.30. The largest absolute Gasteiger partial charge is 0.492 e. The SMILES string of the molecule is C[C@@H]1NC(=O)[C@@H](N(C)C(=O)CNC(=O)c2ccccc2-c2ccc(Cl)cc2)c2ccc(OCCN)c(c2)-c2cc(ccc2OCCN)C[C@@H](C(=O)NCC#N)NC1=O. The van der Waals surface area contributed by atoms with Gasteiger partial charge in [0.15, 0.2) is 0 Å². The molecular formula is C42H45ClN8O7. The Kier molecular flexibility index (Phi) is 14.8. The number of benzene rings is 4. The van der Waals surface area contributed by atoms with Crippen molar-refractivity contribution in [3.8, 4) is 39.8 Å². The van der Waals surface area contributed by atoms with Crippen LogP contribution in [0.15, 0.2) is 84.9 Å². The zero-order valence-corrected chi connectivity index (χ0v) is 32.8. The first-order valence-corrected chi connectivity index (χ1v) is 18.9. The van der Waals surface area contributed by atoms with Crippen LogP contribution in [-0.4, -0.2) is 93.0 Å². The molecule has 5 rings (SSSR count). The average Bonchev–Trinajstić information content (AvgIpc) is 3.23. The van der Waals surface area contributed by atoms with E-state index in [-0.39, 0.29) is 39.3 Å². The topological polar surface area (TPSA) is 231 Å². The molecule has 4 aromatic rings. The van der Waals surface area contributed by atoms with E-state index in [2.05, 4.69) is 21.3 Å². The fourth-order valence-electron chi connectivity index (χ4n) is 6.41. The maximum atomic E-state index is 14.3. The molecule has 4 bridgehead atoms. The van der Waals surface area contributed by atoms with Crippen LogP contribution in [0.2, 0.25) is 5.02 Å². The number of carbonyl (C=O) groups excluding carboxylic acids is 5. The first-order chi connectivity index (χ1) is 27.9. The summed E-state index contributed by atoms with van der Waals surface area (Å²) in [6, 6.07) is 22.3. The molecular weight excluding hydrogens is 764 g/mol. The van der Waals surface area contributed by atoms with Crippen LogP contribution in [0, 0.1) is 11.3 Å². The molecule has 302 valence electrons. The number of hydrogen-bond donors (Lipinski definition) is 6. The number of fused-ring (bicyclic) bond motifs is 5. The van der Waals surface area contributed by atoms with Gasteiger partial charge in [0.2, 0.25) is 23.6 Å². The molecule has 1 aliphatic rings. The van der Waals surface area contributed by atoms with Crippen molar-refractivity contribution in [2.75, 3.05) is 46.4 Å². The number of ether oxygens (including phenoxy) is 2. The van der Waals surface area contributed by atoms with Gasteiger partial charge >= 0.3 is 0 Å². The number of nitrogens with two attached hydrogens (primary N) is 2. The summed E-state index contributed by atoms with van der Waals surface area (Å²) in [5, 5.41) is 20.2. The number of nitrogens with one attached hydrogen (secondary N) is 4. The Balaban J connectivity index is 1.55. The van der Waals surface area contributed by atoms with Crippen molar-refractivity contribution in [3.63, 3.8) is 0 Å². The summed E-state index contributed by atoms with van der Waals surface area (Å²) in [5.41, 5.74) is 15.2. The third kappa shape index (κ3) is 10.5. The van der Waals surface area contributed by atoms with Crippen LogP contribution >= 0.6 is 11.6 Å². The van der Waals surface area contributed by atoms with Gasteiger partial charge in [-0.15, -0.1) is 0 Å². The van der Waals surface area contributed by atoms with Crippen LogP contribution in [0.1, 0.15) is 34.5 Å². The fraction of sp³-hybridized carbons (Fsp3) is 0.286. The van der Waals surface area contributed by atoms with Crippen LogP contribution in [0.25, 0.3) is 22.3 Å². The third-order valence-corrected chi connectivity index (χ3v) is 9.58. The lowest BCUT2D eigenvalue weighted by Crippen LogP contribution is -2.55. The fourth-order valence-corrected chi connectivity index (χ4v) is 6.54. The second-order valence-corrected chi connectivity index (χ2v) is 13.8. The predicted octanol–water partition coefficient (Wildman–Crippen LogP) is 2.46. The maximum absolute atomic E-state index is 14.3. The molecule has 0 aliphatic carbocycles. The van der Waals surface area contributed by atoms with Crippen molar-refractivity contribution in [1.29, 1.82) is 5.26 Å². The van der Waals surface area contributed by atoms with E-state index < -0.39 is 54.2 Å². The van der Waals surface area contributed by atoms with Gasteiger partial charge in [-0.25, -0.2) is 0 Å². The lowest BCUT2D eigenvalue weighted by atomic mass is 9.93. The molecule has 0 saturated carbocycles. The smallest absolute Gasteiger partial charge is 0.252 e. The summed E-state index contributed by atoms with van der Waals surface area (Å²) in [6.45, 7) is 1.40. The number of hydrogen-bond acceptors (Lipinski definition) is 10. The number of halogens is 1. The summed E-state index contributed by atoms with van der Waals surface area (Å²) in [6.07, 6.45) is 0.0161. The minimum atomic E-state index is -1.34. The molecule has 0 radical (unpaired) electrons. The molecule has 15 nitrogen and oxygen atoms in total. The molecule has 0 aromatic heterocycles. The minimum absolute atomic E-state index is 0.0161. The Hall–Kier alpha value is -6.47. The Morgan fingerprint density at radius 1 is 0.862 bits per heavy atom. The second kappa shape index (κ2) is 20.1. The molecule has 0 fully saturated rings. The quantitative estimate of drug-likeness (QED) is 0.108. The molecule has 8 N–H and O–H groups in total. The van der Waals surface area contributed by atoms with E-state index in [4.69, 9.17) is 37.8 Å². The Morgan fingerprint density at radius 3 is 2.19 bits per heavy atom. The van der Waals surface area contributed by atoms with E-state index in [0.717, 1.165) is 5.56 Å². The van der Waals surface area contributed by atoms with Gasteiger partial charge in [-0.1, -0.05) is 54.1 Å². The van der Waals surface area contributed by atoms with Crippen molar-refractivity contribution < 1.29 is 33.4 Å². The van der Waals surface area contributed by atoms with Crippen LogP contribution in [0.4, 0.5) is 0 Å². The van der Waals surface area contributed by atoms with Crippen LogP contribution < -0.4 is 42.2 Å². The normalized spacial score (nSPS) is 16.4. The van der Waals surface area contributed by atoms with Gasteiger partial charge in [-0.3, -0.25) is 24.0 Å². The van der Waals surface area contributed by atoms with Crippen molar-refractivity contribution in [2.45, 2.75) is 31.5 Å². The molecule has 16 heteroatoms. The second-order valence-electron chi connectivity index (χ2n) is 13.4. The van der Waals surface area contributed by atoms with E-state index >= 15 is 0 Å². The van der Waals surface area contributed by atoms with Crippen LogP contribution in [0.3, 0.4) is 0 Å². The number of rotatable bonds is 13. The standard InChI is InChI=1S/C42H45ClN8O7/c1-25-39(53)50-34(41(55)47-18-15-44)22-26-7-13-35(57-19-16-45)32(21-26)33-23-28(10-14-36(33)58-20-17-46)38(42(56)49-25)51(2)37(52)24-48-40(54)31-6-4-3-5-30(31)27-8-11-29(43)12-9-27/h3-14,21,23,25,34,38H,16-20,22,24,45-46H2,1-2H3,(H,47,55)(H,48,54)(H,49,56)(H,50,53)/t25-,34-,38-/m0/s1. The number of amides is 5. The summed E-state index contributed by atoms with van der Waals surface area (Å²) in [4.78, 5) is 69.7. The molecule has 58 heavy (non-hydrogen) atoms. The third-order valence-electron chi connectivity index (χ3n) is 9.33. The Bertz CT molecular complexity index is 2190. The number of nitriles is 1. The monoisotopic (exact) mass is 808 g/mol. The van der Waals surface area contributed by atoms with Gasteiger partial charge in [0, 0.05) is 48.3 Å². The van der Waals surface area contributed by atoms with Gasteiger partial charge in [-0.05, 0) is 71.6 Å². The predicted molar refractivity (Wildman–Crippen MR) is 218 cm³/mol. The minimum Gasteiger partial charge on any atom is -0.492 e. The molecule has 3 atom stereocenters. The van der Waals surface area contributed by atoms with Crippen molar-refractivity contribution in [2.24, 2.45) is 11.5 Å². The van der Waals surface area contributed by atoms with E-state index in [1.807, 2.05) is 6.07 Å². The van der Waals surface area contributed by atoms with Crippen molar-refractivity contribution in [1.82, 2.24) is 26.2 Å². The van der Waals surface area contributed by atoms with E-state index in [1.165, 1.54) is 18.9 Å². The van der Waals surface area contributed by atoms with Gasteiger partial charge in [-0.2, -0.15) is 5.26 Å². The Morgan fingerprint density at radius 2 is 1.52 bits per heavy atom. The van der Waals surface area contributed by atoms with Gasteiger partial charge < -0.3 is 47.1 Å². The molecule has 1 heterocycles. The first-order valence-electron chi connectivity index (χ1n) is 18.5.